The molecule has 0 saturated carbocycles. The first-order valence-electron chi connectivity index (χ1n) is 14.4. The van der Waals surface area contributed by atoms with Crippen LogP contribution in [0.2, 0.25) is 0 Å². The molecule has 2 rings (SSSR count). The molecule has 1 unspecified atom stereocenters. The van der Waals surface area contributed by atoms with E-state index in [0.717, 1.165) is 40.3 Å². The first-order valence-corrected chi connectivity index (χ1v) is 14.4. The fourth-order valence-corrected chi connectivity index (χ4v) is 3.44. The summed E-state index contributed by atoms with van der Waals surface area (Å²) in [6.45, 7) is 22.7. The van der Waals surface area contributed by atoms with Gasteiger partial charge in [-0.15, -0.1) is 0 Å². The number of fused-ring (bicyclic) bond motifs is 1. The number of hydrogen-bond donors (Lipinski definition) is 1. The number of carbonyl (C=O) groups excluding carboxylic acids is 2. The van der Waals surface area contributed by atoms with Crippen LogP contribution in [-0.4, -0.2) is 40.6 Å². The van der Waals surface area contributed by atoms with Crippen molar-refractivity contribution < 1.29 is 19.1 Å². The second-order valence-electron chi connectivity index (χ2n) is 11.4. The molecule has 0 bridgehead atoms. The molecule has 2 N–H and O–H groups in total. The molecule has 2 aromatic rings. The smallest absolute Gasteiger partial charge is 0.306 e. The van der Waals surface area contributed by atoms with Crippen molar-refractivity contribution in [3.8, 4) is 0 Å². The van der Waals surface area contributed by atoms with Crippen LogP contribution >= 0.6 is 0 Å². The monoisotopic (exact) mass is 557 g/mol. The zero-order chi connectivity index (χ0) is 31.0. The zero-order valence-corrected chi connectivity index (χ0v) is 27.2. The van der Waals surface area contributed by atoms with Gasteiger partial charge in [-0.2, -0.15) is 0 Å². The van der Waals surface area contributed by atoms with Crippen molar-refractivity contribution in [2.75, 3.05) is 13.7 Å². The summed E-state index contributed by atoms with van der Waals surface area (Å²) in [5.41, 5.74) is 10.1. The number of imidazole rings is 1. The molecule has 0 amide bonds. The molecule has 1 aromatic heterocycles. The van der Waals surface area contributed by atoms with Gasteiger partial charge in [0.1, 0.15) is 11.4 Å². The SMILES string of the molecule is C/C=C(\C=C(\C)C(C)=O)c1nc2ccc(CN)cc2n1C(C)COC.CCC(C)C.CCCC(=O)OC(C)(C)C. The number of Topliss-reactive ketones (excluding diaryl/α,β-unsaturated/α-hetero) is 1. The van der Waals surface area contributed by atoms with Crippen molar-refractivity contribution >= 4 is 28.4 Å². The summed E-state index contributed by atoms with van der Waals surface area (Å²) >= 11 is 0. The topological polar surface area (TPSA) is 96.4 Å². The highest BCUT2D eigenvalue weighted by Crippen LogP contribution is 2.28. The Morgan fingerprint density at radius 1 is 1.12 bits per heavy atom. The number of rotatable bonds is 10. The van der Waals surface area contributed by atoms with Gasteiger partial charge >= 0.3 is 5.97 Å². The maximum Gasteiger partial charge on any atom is 0.306 e. The molecule has 0 fully saturated rings. The molecule has 7 nitrogen and oxygen atoms in total. The van der Waals surface area contributed by atoms with Crippen molar-refractivity contribution in [3.63, 3.8) is 0 Å². The average molecular weight is 558 g/mol. The number of aromatic nitrogens is 2. The number of hydrogen-bond acceptors (Lipinski definition) is 6. The molecule has 1 aromatic carbocycles. The molecule has 0 radical (unpaired) electrons. The Kier molecular flexibility index (Phi) is 17.3. The molecule has 1 atom stereocenters. The zero-order valence-electron chi connectivity index (χ0n) is 27.2. The van der Waals surface area contributed by atoms with E-state index in [9.17, 15) is 9.59 Å². The van der Waals surface area contributed by atoms with Crippen molar-refractivity contribution in [1.82, 2.24) is 9.55 Å². The second kappa shape index (κ2) is 18.6. The minimum absolute atomic E-state index is 0.0531. The van der Waals surface area contributed by atoms with Crippen LogP contribution in [0.4, 0.5) is 0 Å². The predicted molar refractivity (Wildman–Crippen MR) is 168 cm³/mol. The highest BCUT2D eigenvalue weighted by Gasteiger charge is 2.19. The van der Waals surface area contributed by atoms with Crippen LogP contribution in [0.5, 0.6) is 0 Å². The molecule has 1 heterocycles. The van der Waals surface area contributed by atoms with Gasteiger partial charge in [-0.25, -0.2) is 4.98 Å². The number of ketones is 1. The third kappa shape index (κ3) is 13.5. The summed E-state index contributed by atoms with van der Waals surface area (Å²) in [7, 11) is 1.69. The van der Waals surface area contributed by atoms with E-state index in [1.54, 1.807) is 14.0 Å². The summed E-state index contributed by atoms with van der Waals surface area (Å²) < 4.78 is 12.6. The second-order valence-corrected chi connectivity index (χ2v) is 11.4. The molecule has 0 aliphatic rings. The Morgan fingerprint density at radius 3 is 2.15 bits per heavy atom. The number of nitrogens with two attached hydrogens (primary N) is 1. The Bertz CT molecular complexity index is 1120. The lowest BCUT2D eigenvalue weighted by Crippen LogP contribution is -2.23. The molecule has 226 valence electrons. The number of esters is 1. The maximum absolute atomic E-state index is 11.6. The maximum atomic E-state index is 11.6. The number of methoxy groups -OCH3 is 1. The van der Waals surface area contributed by atoms with Crippen molar-refractivity contribution in [1.29, 1.82) is 0 Å². The van der Waals surface area contributed by atoms with Crippen LogP contribution < -0.4 is 5.73 Å². The highest BCUT2D eigenvalue weighted by molar-refractivity contribution is 5.96. The minimum Gasteiger partial charge on any atom is -0.460 e. The highest BCUT2D eigenvalue weighted by atomic mass is 16.6. The standard InChI is InChI=1S/C20H27N3O2.C8H16O2.C5H12/c1-6-17(9-13(2)15(4)24)20-22-18-8-7-16(11-21)10-19(18)23(20)14(3)12-25-5;1-5-6-7(9)10-8(2,3)4;1-4-5(2)3/h6-10,14H,11-12,21H2,1-5H3;5-6H2,1-4H3;5H,4H2,1-3H3/b13-9-,17-6+;;. The molecular weight excluding hydrogens is 502 g/mol. The van der Waals surface area contributed by atoms with Crippen LogP contribution in [0.1, 0.15) is 113 Å². The Morgan fingerprint density at radius 2 is 1.73 bits per heavy atom. The van der Waals surface area contributed by atoms with Crippen molar-refractivity contribution in [3.05, 3.63) is 47.3 Å². The quantitative estimate of drug-likeness (QED) is 0.182. The summed E-state index contributed by atoms with van der Waals surface area (Å²) in [5.74, 6) is 1.67. The number of benzene rings is 1. The lowest BCUT2D eigenvalue weighted by atomic mass is 10.1. The minimum atomic E-state index is -0.327. The predicted octanol–water partition coefficient (Wildman–Crippen LogP) is 7.82. The number of carbonyl (C=O) groups is 2. The van der Waals surface area contributed by atoms with E-state index in [2.05, 4.69) is 38.3 Å². The van der Waals surface area contributed by atoms with E-state index in [-0.39, 0.29) is 23.4 Å². The van der Waals surface area contributed by atoms with Crippen LogP contribution in [0.3, 0.4) is 0 Å². The van der Waals surface area contributed by atoms with E-state index < -0.39 is 0 Å². The van der Waals surface area contributed by atoms with E-state index in [1.807, 2.05) is 65.8 Å². The fourth-order valence-electron chi connectivity index (χ4n) is 3.44. The van der Waals surface area contributed by atoms with Crippen LogP contribution in [0.15, 0.2) is 35.9 Å². The number of ether oxygens (including phenoxy) is 2. The van der Waals surface area contributed by atoms with E-state index >= 15 is 0 Å². The summed E-state index contributed by atoms with van der Waals surface area (Å²) in [4.78, 5) is 27.3. The first-order chi connectivity index (χ1) is 18.6. The van der Waals surface area contributed by atoms with Gasteiger partial charge in [-0.1, -0.05) is 46.3 Å². The van der Waals surface area contributed by atoms with Crippen LogP contribution in [0, 0.1) is 5.92 Å². The molecule has 40 heavy (non-hydrogen) atoms. The molecule has 0 aliphatic heterocycles. The van der Waals surface area contributed by atoms with Crippen LogP contribution in [-0.2, 0) is 25.6 Å². The Hall–Kier alpha value is -2.77. The van der Waals surface area contributed by atoms with E-state index in [0.29, 0.717) is 25.1 Å². The van der Waals surface area contributed by atoms with Gasteiger partial charge in [0.2, 0.25) is 0 Å². The summed E-state index contributed by atoms with van der Waals surface area (Å²) in [6, 6.07) is 6.16. The van der Waals surface area contributed by atoms with Gasteiger partial charge in [0.05, 0.1) is 23.7 Å². The van der Waals surface area contributed by atoms with Gasteiger partial charge in [0.15, 0.2) is 5.78 Å². The average Bonchev–Trinajstić information content (AvgIpc) is 3.25. The third-order valence-corrected chi connectivity index (χ3v) is 6.03. The molecule has 0 spiro atoms. The third-order valence-electron chi connectivity index (χ3n) is 6.03. The number of nitrogens with zero attached hydrogens (tertiary/aromatic N) is 2. The Balaban J connectivity index is 0.000000838. The summed E-state index contributed by atoms with van der Waals surface area (Å²) in [5, 5.41) is 0. The molecule has 0 aliphatic carbocycles. The first kappa shape index (κ1) is 37.2. The summed E-state index contributed by atoms with van der Waals surface area (Å²) in [6.07, 6.45) is 6.56. The normalized spacial score (nSPS) is 12.8. The number of allylic oxidation sites excluding steroid dienone is 4. The van der Waals surface area contributed by atoms with Gasteiger partial charge in [-0.05, 0) is 90.2 Å². The lowest BCUT2D eigenvalue weighted by molar-refractivity contribution is -0.154. The van der Waals surface area contributed by atoms with Crippen molar-refractivity contribution in [2.24, 2.45) is 11.7 Å². The van der Waals surface area contributed by atoms with E-state index in [4.69, 9.17) is 20.2 Å². The lowest BCUT2D eigenvalue weighted by Gasteiger charge is -2.18. The largest absolute Gasteiger partial charge is 0.460 e. The van der Waals surface area contributed by atoms with Gasteiger partial charge in [-0.3, -0.25) is 9.59 Å². The van der Waals surface area contributed by atoms with Crippen LogP contribution in [0.25, 0.3) is 16.6 Å². The van der Waals surface area contributed by atoms with Gasteiger partial charge in [0.25, 0.3) is 0 Å². The molecule has 7 heteroatoms. The van der Waals surface area contributed by atoms with Gasteiger partial charge < -0.3 is 19.8 Å². The van der Waals surface area contributed by atoms with Crippen molar-refractivity contribution in [2.45, 2.75) is 114 Å². The van der Waals surface area contributed by atoms with Gasteiger partial charge in [0, 0.05) is 25.6 Å². The molecule has 0 saturated heterocycles. The van der Waals surface area contributed by atoms with E-state index in [1.165, 1.54) is 6.42 Å². The Labute approximate surface area is 243 Å². The molecular formula is C33H55N3O4. The fraction of sp³-hybridized carbons (Fsp3) is 0.606.